The average Bonchev–Trinajstić information content (AvgIpc) is 2.79. The van der Waals surface area contributed by atoms with Crippen LogP contribution in [0.3, 0.4) is 0 Å². The molecule has 0 radical (unpaired) electrons. The summed E-state index contributed by atoms with van der Waals surface area (Å²) in [5.41, 5.74) is 4.92. The van der Waals surface area contributed by atoms with Crippen LogP contribution in [0.5, 0.6) is 5.75 Å². The summed E-state index contributed by atoms with van der Waals surface area (Å²) in [6, 6.07) is 19.9. The van der Waals surface area contributed by atoms with Gasteiger partial charge >= 0.3 is 0 Å². The lowest BCUT2D eigenvalue weighted by atomic mass is 10.1. The number of sulfonamides is 1. The van der Waals surface area contributed by atoms with E-state index in [9.17, 15) is 13.2 Å². The van der Waals surface area contributed by atoms with Crippen molar-refractivity contribution in [2.75, 3.05) is 17.7 Å². The highest BCUT2D eigenvalue weighted by Gasteiger charge is 2.19. The van der Waals surface area contributed by atoms with Crippen LogP contribution in [-0.4, -0.2) is 27.7 Å². The average molecular weight is 467 g/mol. The number of nitrogens with one attached hydrogen (secondary N) is 1. The second-order valence-electron chi connectivity index (χ2n) is 8.17. The minimum Gasteiger partial charge on any atom is -0.496 e. The van der Waals surface area contributed by atoms with Gasteiger partial charge in [-0.25, -0.2) is 8.42 Å². The Hall–Kier alpha value is -3.32. The summed E-state index contributed by atoms with van der Waals surface area (Å²) in [5, 5.41) is 2.98. The third-order valence-electron chi connectivity index (χ3n) is 5.67. The summed E-state index contributed by atoms with van der Waals surface area (Å²) < 4.78 is 31.7. The second-order valence-corrected chi connectivity index (χ2v) is 10.1. The summed E-state index contributed by atoms with van der Waals surface area (Å²) >= 11 is 0. The van der Waals surface area contributed by atoms with Gasteiger partial charge in [0.15, 0.2) is 0 Å². The van der Waals surface area contributed by atoms with Crippen molar-refractivity contribution in [3.63, 3.8) is 0 Å². The molecule has 1 atom stereocenters. The lowest BCUT2D eigenvalue weighted by Crippen LogP contribution is -2.29. The van der Waals surface area contributed by atoms with Gasteiger partial charge in [-0.15, -0.1) is 0 Å². The first-order valence-corrected chi connectivity index (χ1v) is 12.5. The first-order valence-electron chi connectivity index (χ1n) is 10.7. The van der Waals surface area contributed by atoms with Gasteiger partial charge in [-0.3, -0.25) is 9.10 Å². The van der Waals surface area contributed by atoms with Gasteiger partial charge in [0.2, 0.25) is 10.0 Å². The maximum Gasteiger partial charge on any atom is 0.251 e. The fourth-order valence-corrected chi connectivity index (χ4v) is 4.47. The molecule has 6 nitrogen and oxygen atoms in total. The van der Waals surface area contributed by atoms with E-state index in [2.05, 4.69) is 5.32 Å². The molecule has 1 N–H and O–H groups in total. The number of anilines is 1. The number of benzene rings is 3. The van der Waals surface area contributed by atoms with Crippen LogP contribution in [-0.2, 0) is 16.6 Å². The molecule has 0 saturated carbocycles. The second kappa shape index (κ2) is 10.1. The molecular formula is C26H30N2O4S. The highest BCUT2D eigenvalue weighted by molar-refractivity contribution is 7.92. The molecule has 0 aliphatic carbocycles. The summed E-state index contributed by atoms with van der Waals surface area (Å²) in [6.07, 6.45) is 1.20. The number of carbonyl (C=O) groups is 1. The third kappa shape index (κ3) is 5.93. The first kappa shape index (κ1) is 24.3. The number of hydrogen-bond donors (Lipinski definition) is 1. The SMILES string of the molecule is COc1ccccc1[C@H](C)NC(=O)c1ccc(CN(c2ccc(C)c(C)c2)S(C)(=O)=O)cc1. The van der Waals surface area contributed by atoms with Crippen molar-refractivity contribution >= 4 is 21.6 Å². The van der Waals surface area contributed by atoms with Crippen LogP contribution in [0.25, 0.3) is 0 Å². The molecular weight excluding hydrogens is 436 g/mol. The number of rotatable bonds is 8. The molecule has 0 unspecified atom stereocenters. The van der Waals surface area contributed by atoms with E-state index in [1.54, 1.807) is 31.4 Å². The molecule has 174 valence electrons. The lowest BCUT2D eigenvalue weighted by molar-refractivity contribution is 0.0939. The normalized spacial score (nSPS) is 12.2. The molecule has 3 aromatic carbocycles. The molecule has 0 spiro atoms. The number of nitrogens with zero attached hydrogens (tertiary/aromatic N) is 1. The summed E-state index contributed by atoms with van der Waals surface area (Å²) in [4.78, 5) is 12.8. The first-order chi connectivity index (χ1) is 15.6. The molecule has 0 fully saturated rings. The number of hydrogen-bond acceptors (Lipinski definition) is 4. The van der Waals surface area contributed by atoms with Gasteiger partial charge < -0.3 is 10.1 Å². The van der Waals surface area contributed by atoms with Gasteiger partial charge in [-0.05, 0) is 67.8 Å². The Morgan fingerprint density at radius 3 is 2.27 bits per heavy atom. The van der Waals surface area contributed by atoms with Crippen molar-refractivity contribution in [1.29, 1.82) is 0 Å². The van der Waals surface area contributed by atoms with E-state index in [4.69, 9.17) is 4.74 Å². The maximum absolute atomic E-state index is 12.8. The molecule has 0 heterocycles. The van der Waals surface area contributed by atoms with Crippen LogP contribution in [0.2, 0.25) is 0 Å². The zero-order valence-corrected chi connectivity index (χ0v) is 20.4. The zero-order valence-electron chi connectivity index (χ0n) is 19.6. The number of amides is 1. The molecule has 0 aromatic heterocycles. The Bertz CT molecular complexity index is 1240. The van der Waals surface area contributed by atoms with Crippen molar-refractivity contribution < 1.29 is 17.9 Å². The number of methoxy groups -OCH3 is 1. The quantitative estimate of drug-likeness (QED) is 0.519. The van der Waals surface area contributed by atoms with Crippen molar-refractivity contribution in [1.82, 2.24) is 5.32 Å². The Balaban J connectivity index is 1.75. The molecule has 1 amide bonds. The van der Waals surface area contributed by atoms with E-state index in [0.29, 0.717) is 17.0 Å². The number of aryl methyl sites for hydroxylation is 2. The van der Waals surface area contributed by atoms with Gasteiger partial charge in [0.1, 0.15) is 5.75 Å². The minimum atomic E-state index is -3.48. The number of carbonyl (C=O) groups excluding carboxylic acids is 1. The molecule has 7 heteroatoms. The van der Waals surface area contributed by atoms with Gasteiger partial charge in [-0.2, -0.15) is 0 Å². The molecule has 0 saturated heterocycles. The fraction of sp³-hybridized carbons (Fsp3) is 0.269. The Morgan fingerprint density at radius 2 is 1.67 bits per heavy atom. The molecule has 3 rings (SSSR count). The largest absolute Gasteiger partial charge is 0.496 e. The number of ether oxygens (including phenoxy) is 1. The van der Waals surface area contributed by atoms with E-state index < -0.39 is 10.0 Å². The molecule has 3 aromatic rings. The van der Waals surface area contributed by atoms with E-state index in [1.807, 2.05) is 63.2 Å². The molecule has 0 bridgehead atoms. The summed E-state index contributed by atoms with van der Waals surface area (Å²) in [6.45, 7) is 6.03. The fourth-order valence-electron chi connectivity index (χ4n) is 3.59. The maximum atomic E-state index is 12.8. The standard InChI is InChI=1S/C26H30N2O4S/c1-18-10-15-23(16-19(18)2)28(33(5,30)31)17-21-11-13-22(14-12-21)26(29)27-20(3)24-8-6-7-9-25(24)32-4/h6-16,20H,17H2,1-5H3,(H,27,29)/t20-/m0/s1. The Labute approximate surface area is 196 Å². The van der Waals surface area contributed by atoms with Gasteiger partial charge in [-0.1, -0.05) is 36.4 Å². The summed E-state index contributed by atoms with van der Waals surface area (Å²) in [7, 11) is -1.88. The van der Waals surface area contributed by atoms with E-state index in [0.717, 1.165) is 22.3 Å². The van der Waals surface area contributed by atoms with E-state index in [-0.39, 0.29) is 18.5 Å². The van der Waals surface area contributed by atoms with Crippen molar-refractivity contribution in [3.8, 4) is 5.75 Å². The van der Waals surface area contributed by atoms with Crippen LogP contribution in [0.15, 0.2) is 66.7 Å². The molecule has 33 heavy (non-hydrogen) atoms. The Morgan fingerprint density at radius 1 is 1.00 bits per heavy atom. The van der Waals surface area contributed by atoms with Gasteiger partial charge in [0.25, 0.3) is 5.91 Å². The molecule has 0 aliphatic heterocycles. The van der Waals surface area contributed by atoms with Crippen LogP contribution < -0.4 is 14.4 Å². The van der Waals surface area contributed by atoms with Crippen molar-refractivity contribution in [3.05, 3.63) is 94.5 Å². The van der Waals surface area contributed by atoms with Crippen molar-refractivity contribution in [2.45, 2.75) is 33.4 Å². The monoisotopic (exact) mass is 466 g/mol. The highest BCUT2D eigenvalue weighted by atomic mass is 32.2. The number of para-hydroxylation sites is 1. The Kier molecular flexibility index (Phi) is 7.43. The van der Waals surface area contributed by atoms with Gasteiger partial charge in [0.05, 0.1) is 31.6 Å². The van der Waals surface area contributed by atoms with Gasteiger partial charge in [0, 0.05) is 11.1 Å². The van der Waals surface area contributed by atoms with E-state index in [1.165, 1.54) is 10.6 Å². The zero-order chi connectivity index (χ0) is 24.2. The van der Waals surface area contributed by atoms with Crippen molar-refractivity contribution in [2.24, 2.45) is 0 Å². The topological polar surface area (TPSA) is 75.7 Å². The minimum absolute atomic E-state index is 0.181. The van der Waals surface area contributed by atoms with Crippen LogP contribution in [0, 0.1) is 13.8 Å². The lowest BCUT2D eigenvalue weighted by Gasteiger charge is -2.23. The third-order valence-corrected chi connectivity index (χ3v) is 6.81. The highest BCUT2D eigenvalue weighted by Crippen LogP contribution is 2.25. The molecule has 0 aliphatic rings. The smallest absolute Gasteiger partial charge is 0.251 e. The van der Waals surface area contributed by atoms with Crippen LogP contribution in [0.1, 0.15) is 45.6 Å². The van der Waals surface area contributed by atoms with E-state index >= 15 is 0 Å². The van der Waals surface area contributed by atoms with Crippen LogP contribution >= 0.6 is 0 Å². The van der Waals surface area contributed by atoms with Crippen LogP contribution in [0.4, 0.5) is 5.69 Å². The predicted octanol–water partition coefficient (Wildman–Crippen LogP) is 4.77. The summed E-state index contributed by atoms with van der Waals surface area (Å²) in [5.74, 6) is 0.502. The predicted molar refractivity (Wildman–Crippen MR) is 132 cm³/mol.